The standard InChI is InChI=1S/C34H55N3O6S/c1-15-42-30(40)23(4)21-25(22(2)3)36(12)29(39)26(34(10,11)44-14)35-28(38)27(37(13)31(41)43-32(5,6)7)33(8,9)24-19-17-16-18-20-24/h16-22,25-27H,15H2,1-14H3,(H,35,38)/b23-21+/t25-,26-,27-/m1/s1. The minimum Gasteiger partial charge on any atom is -0.463 e. The second-order valence-electron chi connectivity index (χ2n) is 13.6. The van der Waals surface area contributed by atoms with Crippen molar-refractivity contribution in [2.24, 2.45) is 5.92 Å². The molecule has 1 rings (SSSR count). The molecule has 9 nitrogen and oxygen atoms in total. The van der Waals surface area contributed by atoms with Crippen LogP contribution in [0.15, 0.2) is 42.0 Å². The van der Waals surface area contributed by atoms with Crippen molar-refractivity contribution >= 4 is 35.6 Å². The molecule has 0 saturated carbocycles. The van der Waals surface area contributed by atoms with Crippen molar-refractivity contribution in [1.82, 2.24) is 15.1 Å². The first-order valence-electron chi connectivity index (χ1n) is 15.1. The van der Waals surface area contributed by atoms with Crippen LogP contribution in [0.1, 0.15) is 81.7 Å². The number of esters is 1. The average molecular weight is 634 g/mol. The highest BCUT2D eigenvalue weighted by molar-refractivity contribution is 8.00. The molecule has 0 aliphatic rings. The van der Waals surface area contributed by atoms with Gasteiger partial charge in [0.2, 0.25) is 11.8 Å². The second kappa shape index (κ2) is 15.8. The van der Waals surface area contributed by atoms with E-state index in [9.17, 15) is 19.2 Å². The van der Waals surface area contributed by atoms with E-state index >= 15 is 0 Å². The van der Waals surface area contributed by atoms with Gasteiger partial charge in [0.25, 0.3) is 0 Å². The molecular formula is C34H55N3O6S. The number of carbonyl (C=O) groups is 4. The summed E-state index contributed by atoms with van der Waals surface area (Å²) in [4.78, 5) is 57.3. The number of thioether (sulfide) groups is 1. The van der Waals surface area contributed by atoms with Crippen molar-refractivity contribution < 1.29 is 28.7 Å². The maximum atomic E-state index is 14.4. The zero-order valence-corrected chi connectivity index (χ0v) is 30.0. The Bertz CT molecular complexity index is 1170. The largest absolute Gasteiger partial charge is 0.463 e. The molecule has 0 saturated heterocycles. The number of ether oxygens (including phenoxy) is 2. The van der Waals surface area contributed by atoms with Gasteiger partial charge in [0, 0.05) is 29.8 Å². The summed E-state index contributed by atoms with van der Waals surface area (Å²) >= 11 is 1.45. The third-order valence-electron chi connectivity index (χ3n) is 7.77. The summed E-state index contributed by atoms with van der Waals surface area (Å²) in [6.07, 6.45) is 2.98. The van der Waals surface area contributed by atoms with Gasteiger partial charge in [-0.15, -0.1) is 0 Å². The van der Waals surface area contributed by atoms with Gasteiger partial charge >= 0.3 is 12.1 Å². The Balaban J connectivity index is 3.65. The van der Waals surface area contributed by atoms with Crippen LogP contribution in [-0.2, 0) is 29.3 Å². The SMILES string of the molecule is CCOC(=O)/C(C)=C/[C@H](C(C)C)N(C)C(=O)[C@@H](NC(=O)[C@@H](N(C)C(=O)OC(C)(C)C)C(C)(C)c1ccccc1)C(C)(C)SC. The number of hydrogen-bond donors (Lipinski definition) is 1. The minimum atomic E-state index is -1.02. The molecule has 3 amide bonds. The van der Waals surface area contributed by atoms with Gasteiger partial charge in [-0.05, 0) is 66.2 Å². The molecule has 0 fully saturated rings. The molecular weight excluding hydrogens is 578 g/mol. The molecule has 0 aromatic heterocycles. The molecule has 248 valence electrons. The summed E-state index contributed by atoms with van der Waals surface area (Å²) in [6, 6.07) is 7.06. The Morgan fingerprint density at radius 3 is 1.95 bits per heavy atom. The molecule has 0 radical (unpaired) electrons. The third kappa shape index (κ3) is 10.3. The normalized spacial score (nSPS) is 14.8. The summed E-state index contributed by atoms with van der Waals surface area (Å²) < 4.78 is 10.1. The van der Waals surface area contributed by atoms with Crippen LogP contribution in [0.5, 0.6) is 0 Å². The molecule has 10 heteroatoms. The van der Waals surface area contributed by atoms with Gasteiger partial charge in [-0.25, -0.2) is 9.59 Å². The van der Waals surface area contributed by atoms with Crippen LogP contribution in [-0.4, -0.2) is 89.1 Å². The highest BCUT2D eigenvalue weighted by atomic mass is 32.2. The topological polar surface area (TPSA) is 105 Å². The van der Waals surface area contributed by atoms with Gasteiger partial charge in [-0.1, -0.05) is 64.1 Å². The monoisotopic (exact) mass is 633 g/mol. The van der Waals surface area contributed by atoms with Crippen molar-refractivity contribution in [1.29, 1.82) is 0 Å². The summed E-state index contributed by atoms with van der Waals surface area (Å²) in [5, 5.41) is 3.04. The van der Waals surface area contributed by atoms with Crippen LogP contribution in [0.3, 0.4) is 0 Å². The molecule has 0 bridgehead atoms. The molecule has 0 unspecified atom stereocenters. The molecule has 0 aliphatic heterocycles. The third-order valence-corrected chi connectivity index (χ3v) is 9.06. The van der Waals surface area contributed by atoms with Crippen LogP contribution in [0.2, 0.25) is 0 Å². The second-order valence-corrected chi connectivity index (χ2v) is 15.0. The van der Waals surface area contributed by atoms with Gasteiger partial charge in [0.15, 0.2) is 0 Å². The van der Waals surface area contributed by atoms with Gasteiger partial charge in [-0.2, -0.15) is 11.8 Å². The van der Waals surface area contributed by atoms with E-state index in [1.807, 2.05) is 78.1 Å². The minimum absolute atomic E-state index is 0.0369. The lowest BCUT2D eigenvalue weighted by Gasteiger charge is -2.43. The van der Waals surface area contributed by atoms with Gasteiger partial charge in [0.05, 0.1) is 12.6 Å². The number of nitrogens with one attached hydrogen (secondary N) is 1. The van der Waals surface area contributed by atoms with Crippen molar-refractivity contribution in [3.05, 3.63) is 47.5 Å². The first-order chi connectivity index (χ1) is 20.1. The summed E-state index contributed by atoms with van der Waals surface area (Å²) in [7, 11) is 3.22. The van der Waals surface area contributed by atoms with E-state index in [1.54, 1.807) is 59.7 Å². The lowest BCUT2D eigenvalue weighted by Crippen LogP contribution is -2.64. The van der Waals surface area contributed by atoms with Gasteiger partial charge in [-0.3, -0.25) is 14.5 Å². The van der Waals surface area contributed by atoms with Crippen LogP contribution in [0, 0.1) is 5.92 Å². The van der Waals surface area contributed by atoms with Gasteiger partial charge < -0.3 is 19.7 Å². The van der Waals surface area contributed by atoms with Crippen LogP contribution in [0.4, 0.5) is 4.79 Å². The number of benzene rings is 1. The highest BCUT2D eigenvalue weighted by Gasteiger charge is 2.46. The molecule has 44 heavy (non-hydrogen) atoms. The lowest BCUT2D eigenvalue weighted by molar-refractivity contribution is -0.140. The predicted molar refractivity (Wildman–Crippen MR) is 179 cm³/mol. The first kappa shape index (κ1) is 39.0. The molecule has 1 aromatic carbocycles. The fraction of sp³-hybridized carbons (Fsp3) is 0.647. The zero-order chi connectivity index (χ0) is 34.2. The van der Waals surface area contributed by atoms with E-state index < -0.39 is 51.9 Å². The van der Waals surface area contributed by atoms with Crippen molar-refractivity contribution in [3.63, 3.8) is 0 Å². The zero-order valence-electron chi connectivity index (χ0n) is 29.2. The fourth-order valence-corrected chi connectivity index (χ4v) is 5.39. The van der Waals surface area contributed by atoms with Crippen LogP contribution >= 0.6 is 11.8 Å². The van der Waals surface area contributed by atoms with E-state index in [4.69, 9.17) is 9.47 Å². The van der Waals surface area contributed by atoms with E-state index in [1.165, 1.54) is 16.7 Å². The summed E-state index contributed by atoms with van der Waals surface area (Å²) in [5.41, 5.74) is -0.385. The number of nitrogens with zero attached hydrogens (tertiary/aromatic N) is 2. The number of rotatable bonds is 13. The predicted octanol–water partition coefficient (Wildman–Crippen LogP) is 5.82. The van der Waals surface area contributed by atoms with Crippen molar-refractivity contribution in [3.8, 4) is 0 Å². The molecule has 3 atom stereocenters. The van der Waals surface area contributed by atoms with Crippen LogP contribution in [0.25, 0.3) is 0 Å². The lowest BCUT2D eigenvalue weighted by atomic mass is 9.76. The van der Waals surface area contributed by atoms with Crippen molar-refractivity contribution in [2.45, 2.75) is 110 Å². The molecule has 0 heterocycles. The Morgan fingerprint density at radius 1 is 0.955 bits per heavy atom. The van der Waals surface area contributed by atoms with Crippen LogP contribution < -0.4 is 5.32 Å². The molecule has 0 aliphatic carbocycles. The fourth-order valence-electron chi connectivity index (χ4n) is 5.00. The molecule has 1 N–H and O–H groups in total. The Kier molecular flexibility index (Phi) is 14.0. The van der Waals surface area contributed by atoms with Crippen molar-refractivity contribution in [2.75, 3.05) is 27.0 Å². The number of likely N-dealkylation sites (N-methyl/N-ethyl adjacent to an activating group) is 2. The highest BCUT2D eigenvalue weighted by Crippen LogP contribution is 2.33. The van der Waals surface area contributed by atoms with Gasteiger partial charge in [0.1, 0.15) is 17.7 Å². The quantitative estimate of drug-likeness (QED) is 0.216. The molecule has 0 spiro atoms. The van der Waals surface area contributed by atoms with E-state index in [2.05, 4.69) is 5.32 Å². The number of hydrogen-bond acceptors (Lipinski definition) is 7. The number of carbonyl (C=O) groups excluding carboxylic acids is 4. The maximum absolute atomic E-state index is 14.4. The Hall–Kier alpha value is -3.01. The first-order valence-corrected chi connectivity index (χ1v) is 16.3. The molecule has 1 aromatic rings. The maximum Gasteiger partial charge on any atom is 0.410 e. The summed E-state index contributed by atoms with van der Waals surface area (Å²) in [5.74, 6) is -1.28. The van der Waals surface area contributed by atoms with E-state index in [-0.39, 0.29) is 18.4 Å². The Labute approximate surface area is 269 Å². The number of amides is 3. The average Bonchev–Trinajstić information content (AvgIpc) is 2.93. The smallest absolute Gasteiger partial charge is 0.410 e. The van der Waals surface area contributed by atoms with E-state index in [0.29, 0.717) is 5.57 Å². The Morgan fingerprint density at radius 2 is 1.50 bits per heavy atom. The summed E-state index contributed by atoms with van der Waals surface area (Å²) in [6.45, 7) is 20.5. The van der Waals surface area contributed by atoms with E-state index in [0.717, 1.165) is 5.56 Å².